The Morgan fingerprint density at radius 2 is 2.08 bits per heavy atom. The van der Waals surface area contributed by atoms with Gasteiger partial charge in [0.2, 0.25) is 0 Å². The molecule has 0 fully saturated rings. The van der Waals surface area contributed by atoms with Crippen molar-refractivity contribution in [3.8, 4) is 0 Å². The molecule has 0 bridgehead atoms. The summed E-state index contributed by atoms with van der Waals surface area (Å²) in [5, 5.41) is 3.56. The van der Waals surface area contributed by atoms with Gasteiger partial charge in [-0.15, -0.1) is 0 Å². The second kappa shape index (κ2) is 7.39. The molecular weight excluding hydrogens is 354 g/mol. The summed E-state index contributed by atoms with van der Waals surface area (Å²) in [6, 6.07) is 5.04. The molecule has 2 aromatic heterocycles. The van der Waals surface area contributed by atoms with Crippen LogP contribution in [-0.4, -0.2) is 38.6 Å². The fourth-order valence-corrected chi connectivity index (χ4v) is 2.89. The predicted octanol–water partition coefficient (Wildman–Crippen LogP) is 2.83. The zero-order valence-corrected chi connectivity index (χ0v) is 15.8. The van der Waals surface area contributed by atoms with Crippen LogP contribution in [0.15, 0.2) is 30.6 Å². The minimum absolute atomic E-state index is 0.241. The summed E-state index contributed by atoms with van der Waals surface area (Å²) in [5.41, 5.74) is 2.66. The maximum Gasteiger partial charge on any atom is 0.272 e. The van der Waals surface area contributed by atoms with Gasteiger partial charge in [0, 0.05) is 25.4 Å². The number of amides is 1. The number of carbonyl (C=O) groups is 1. The van der Waals surface area contributed by atoms with Crippen LogP contribution in [0.3, 0.4) is 0 Å². The van der Waals surface area contributed by atoms with E-state index >= 15 is 0 Å². The summed E-state index contributed by atoms with van der Waals surface area (Å²) in [5.74, 6) is 0.335. The summed E-state index contributed by atoms with van der Waals surface area (Å²) in [6.07, 6.45) is 2.71. The van der Waals surface area contributed by atoms with E-state index in [1.165, 1.54) is 6.20 Å². The molecule has 1 aromatic carbocycles. The highest BCUT2D eigenvalue weighted by molar-refractivity contribution is 6.31. The van der Waals surface area contributed by atoms with Gasteiger partial charge in [-0.2, -0.15) is 0 Å². The van der Waals surface area contributed by atoms with Gasteiger partial charge in [-0.05, 0) is 32.0 Å². The van der Waals surface area contributed by atoms with Crippen molar-refractivity contribution in [2.75, 3.05) is 7.11 Å². The summed E-state index contributed by atoms with van der Waals surface area (Å²) < 4.78 is 7.39. The lowest BCUT2D eigenvalue weighted by Crippen LogP contribution is -2.37. The molecule has 0 unspecified atom stereocenters. The maximum absolute atomic E-state index is 12.6. The molecule has 0 spiro atoms. The molecular formula is C18H20ClN5O2. The number of aromatic nitrogens is 4. The van der Waals surface area contributed by atoms with E-state index in [4.69, 9.17) is 16.3 Å². The third-order valence-corrected chi connectivity index (χ3v) is 4.53. The van der Waals surface area contributed by atoms with Crippen molar-refractivity contribution in [3.63, 3.8) is 0 Å². The van der Waals surface area contributed by atoms with Crippen molar-refractivity contribution in [2.24, 2.45) is 7.05 Å². The van der Waals surface area contributed by atoms with Crippen molar-refractivity contribution in [1.82, 2.24) is 24.8 Å². The molecule has 136 valence electrons. The first-order chi connectivity index (χ1) is 12.4. The lowest BCUT2D eigenvalue weighted by Gasteiger charge is -2.23. The number of nitrogens with one attached hydrogen (secondary N) is 1. The number of benzene rings is 1. The topological polar surface area (TPSA) is 81.9 Å². The largest absolute Gasteiger partial charge is 0.379 e. The third kappa shape index (κ3) is 3.54. The number of imidazole rings is 1. The molecule has 3 rings (SSSR count). The van der Waals surface area contributed by atoms with Crippen LogP contribution in [0.2, 0.25) is 5.02 Å². The molecule has 2 atom stereocenters. The van der Waals surface area contributed by atoms with E-state index in [0.717, 1.165) is 16.7 Å². The van der Waals surface area contributed by atoms with Crippen molar-refractivity contribution in [3.05, 3.63) is 52.8 Å². The van der Waals surface area contributed by atoms with Gasteiger partial charge in [-0.3, -0.25) is 9.78 Å². The molecule has 0 radical (unpaired) electrons. The number of hydrogen-bond acceptors (Lipinski definition) is 5. The van der Waals surface area contributed by atoms with Crippen LogP contribution in [0.5, 0.6) is 0 Å². The average Bonchev–Trinajstić information content (AvgIpc) is 2.95. The van der Waals surface area contributed by atoms with Crippen LogP contribution in [0.1, 0.15) is 35.0 Å². The fraction of sp³-hybridized carbons (Fsp3) is 0.333. The summed E-state index contributed by atoms with van der Waals surface area (Å²) in [6.45, 7) is 3.69. The molecule has 0 saturated carbocycles. The zero-order valence-electron chi connectivity index (χ0n) is 15.0. The molecule has 0 aliphatic carbocycles. The van der Waals surface area contributed by atoms with Crippen LogP contribution >= 0.6 is 11.6 Å². The van der Waals surface area contributed by atoms with E-state index in [9.17, 15) is 4.79 Å². The Bertz CT molecular complexity index is 939. The Kier molecular flexibility index (Phi) is 5.20. The number of methoxy groups -OCH3 is 1. The molecule has 26 heavy (non-hydrogen) atoms. The summed E-state index contributed by atoms with van der Waals surface area (Å²) >= 11 is 6.07. The molecule has 1 N–H and O–H groups in total. The standard InChI is InChI=1S/C18H20ClN5O2/c1-10-8-21-14(9-20-10)18(25)23-16(11(2)26-4)17-22-13-7-12(19)5-6-15(13)24(17)3/h5-9,11,16H,1-4H3,(H,23,25)/t11-,16+/m1/s1. The number of aryl methyl sites for hydroxylation is 2. The molecule has 8 heteroatoms. The maximum atomic E-state index is 12.6. The Morgan fingerprint density at radius 1 is 1.31 bits per heavy atom. The number of hydrogen-bond donors (Lipinski definition) is 1. The van der Waals surface area contributed by atoms with Crippen LogP contribution in [0.4, 0.5) is 0 Å². The second-order valence-electron chi connectivity index (χ2n) is 6.10. The van der Waals surface area contributed by atoms with Gasteiger partial charge in [0.1, 0.15) is 17.6 Å². The van der Waals surface area contributed by atoms with E-state index in [-0.39, 0.29) is 17.7 Å². The zero-order chi connectivity index (χ0) is 18.8. The molecule has 1 amide bonds. The summed E-state index contributed by atoms with van der Waals surface area (Å²) in [7, 11) is 3.49. The minimum atomic E-state index is -0.466. The number of carbonyl (C=O) groups excluding carboxylic acids is 1. The first kappa shape index (κ1) is 18.3. The SMILES string of the molecule is CO[C@H](C)[C@H](NC(=O)c1cnc(C)cn1)c1nc2cc(Cl)ccc2n1C. The minimum Gasteiger partial charge on any atom is -0.379 e. The Morgan fingerprint density at radius 3 is 2.73 bits per heavy atom. The van der Waals surface area contributed by atoms with Gasteiger partial charge in [0.25, 0.3) is 5.91 Å². The first-order valence-electron chi connectivity index (χ1n) is 8.15. The van der Waals surface area contributed by atoms with Gasteiger partial charge in [0.05, 0.1) is 29.0 Å². The molecule has 0 aliphatic heterocycles. The van der Waals surface area contributed by atoms with Gasteiger partial charge in [-0.25, -0.2) is 9.97 Å². The molecule has 2 heterocycles. The van der Waals surface area contributed by atoms with Crippen molar-refractivity contribution < 1.29 is 9.53 Å². The van der Waals surface area contributed by atoms with Crippen LogP contribution in [0, 0.1) is 6.92 Å². The molecule has 0 aliphatic rings. The van der Waals surface area contributed by atoms with E-state index in [0.29, 0.717) is 10.8 Å². The van der Waals surface area contributed by atoms with E-state index in [2.05, 4.69) is 20.3 Å². The van der Waals surface area contributed by atoms with Gasteiger partial charge in [-0.1, -0.05) is 11.6 Å². The normalized spacial score (nSPS) is 13.6. The monoisotopic (exact) mass is 373 g/mol. The molecule has 7 nitrogen and oxygen atoms in total. The Balaban J connectivity index is 1.97. The first-order valence-corrected chi connectivity index (χ1v) is 8.52. The summed E-state index contributed by atoms with van der Waals surface area (Å²) in [4.78, 5) is 25.5. The Labute approximate surface area is 156 Å². The van der Waals surface area contributed by atoms with Crippen LogP contribution in [0.25, 0.3) is 11.0 Å². The highest BCUT2D eigenvalue weighted by Crippen LogP contribution is 2.25. The highest BCUT2D eigenvalue weighted by atomic mass is 35.5. The lowest BCUT2D eigenvalue weighted by molar-refractivity contribution is 0.0669. The second-order valence-corrected chi connectivity index (χ2v) is 6.53. The Hall–Kier alpha value is -2.51. The van der Waals surface area contributed by atoms with E-state index in [1.807, 2.05) is 37.6 Å². The van der Waals surface area contributed by atoms with Crippen molar-refractivity contribution in [2.45, 2.75) is 26.0 Å². The quantitative estimate of drug-likeness (QED) is 0.743. The van der Waals surface area contributed by atoms with E-state index < -0.39 is 6.04 Å². The number of nitrogens with zero attached hydrogens (tertiary/aromatic N) is 4. The van der Waals surface area contributed by atoms with Crippen LogP contribution < -0.4 is 5.32 Å². The van der Waals surface area contributed by atoms with Gasteiger partial charge >= 0.3 is 0 Å². The van der Waals surface area contributed by atoms with Crippen molar-refractivity contribution in [1.29, 1.82) is 0 Å². The third-order valence-electron chi connectivity index (χ3n) is 4.30. The van der Waals surface area contributed by atoms with Gasteiger partial charge in [0.15, 0.2) is 0 Å². The smallest absolute Gasteiger partial charge is 0.272 e. The highest BCUT2D eigenvalue weighted by Gasteiger charge is 2.27. The van der Waals surface area contributed by atoms with E-state index in [1.54, 1.807) is 19.4 Å². The molecule has 3 aromatic rings. The average molecular weight is 374 g/mol. The van der Waals surface area contributed by atoms with Crippen molar-refractivity contribution >= 4 is 28.5 Å². The predicted molar refractivity (Wildman–Crippen MR) is 99.2 cm³/mol. The fourth-order valence-electron chi connectivity index (χ4n) is 2.72. The molecule has 0 saturated heterocycles. The number of ether oxygens (including phenoxy) is 1. The lowest BCUT2D eigenvalue weighted by atomic mass is 10.1. The van der Waals surface area contributed by atoms with Crippen LogP contribution in [-0.2, 0) is 11.8 Å². The number of halogens is 1. The van der Waals surface area contributed by atoms with Gasteiger partial charge < -0.3 is 14.6 Å². The number of fused-ring (bicyclic) bond motifs is 1. The number of rotatable bonds is 5.